The molecule has 3 aromatic heterocycles. The van der Waals surface area contributed by atoms with Gasteiger partial charge in [-0.1, -0.05) is 18.2 Å². The zero-order valence-electron chi connectivity index (χ0n) is 17.0. The molecule has 0 spiro atoms. The van der Waals surface area contributed by atoms with Crippen molar-refractivity contribution in [1.29, 1.82) is 0 Å². The van der Waals surface area contributed by atoms with E-state index >= 15 is 0 Å². The Morgan fingerprint density at radius 1 is 1.19 bits per heavy atom. The minimum absolute atomic E-state index is 0.104. The van der Waals surface area contributed by atoms with Crippen molar-refractivity contribution >= 4 is 28.6 Å². The number of amides is 1. The summed E-state index contributed by atoms with van der Waals surface area (Å²) in [5.41, 5.74) is 1.15. The van der Waals surface area contributed by atoms with E-state index in [-0.39, 0.29) is 24.1 Å². The zero-order valence-corrected chi connectivity index (χ0v) is 17.0. The quantitative estimate of drug-likeness (QED) is 0.515. The second-order valence-electron chi connectivity index (χ2n) is 8.20. The molecule has 8 nitrogen and oxygen atoms in total. The van der Waals surface area contributed by atoms with Crippen LogP contribution in [0.5, 0.6) is 0 Å². The average molecular weight is 433 g/mol. The van der Waals surface area contributed by atoms with Gasteiger partial charge >= 0.3 is 0 Å². The summed E-state index contributed by atoms with van der Waals surface area (Å²) in [4.78, 5) is 25.9. The summed E-state index contributed by atoms with van der Waals surface area (Å²) in [7, 11) is 0. The molecule has 0 radical (unpaired) electrons. The highest BCUT2D eigenvalue weighted by Crippen LogP contribution is 2.46. The van der Waals surface area contributed by atoms with Crippen molar-refractivity contribution in [3.05, 3.63) is 59.3 Å². The number of aromatic nitrogens is 5. The molecule has 160 valence electrons. The SMILES string of the molecule is CC12CCNc3nc(-c4nn(Cc5ccccc5F)c5ncc(F)cc45)nc(c31)NC2=O. The van der Waals surface area contributed by atoms with E-state index in [0.717, 1.165) is 11.8 Å². The molecule has 0 saturated heterocycles. The molecule has 6 rings (SSSR count). The highest BCUT2D eigenvalue weighted by molar-refractivity contribution is 6.07. The van der Waals surface area contributed by atoms with Crippen LogP contribution in [0, 0.1) is 11.6 Å². The predicted octanol–water partition coefficient (Wildman–Crippen LogP) is 3.24. The van der Waals surface area contributed by atoms with Gasteiger partial charge in [0.15, 0.2) is 11.5 Å². The second-order valence-corrected chi connectivity index (χ2v) is 8.20. The fourth-order valence-electron chi connectivity index (χ4n) is 4.43. The van der Waals surface area contributed by atoms with Crippen LogP contribution in [0.3, 0.4) is 0 Å². The Kier molecular flexibility index (Phi) is 3.83. The lowest BCUT2D eigenvalue weighted by molar-refractivity contribution is -0.120. The minimum Gasteiger partial charge on any atom is -0.370 e. The molecule has 0 aliphatic carbocycles. The lowest BCUT2D eigenvalue weighted by atomic mass is 9.79. The Morgan fingerprint density at radius 3 is 2.84 bits per heavy atom. The molecule has 1 unspecified atom stereocenters. The molecule has 1 amide bonds. The number of fused-ring (bicyclic) bond motifs is 1. The summed E-state index contributed by atoms with van der Waals surface area (Å²) in [6.45, 7) is 2.57. The van der Waals surface area contributed by atoms with Gasteiger partial charge in [-0.2, -0.15) is 5.10 Å². The molecule has 2 N–H and O–H groups in total. The smallest absolute Gasteiger partial charge is 0.236 e. The number of carbonyl (C=O) groups is 1. The first-order valence-corrected chi connectivity index (χ1v) is 10.2. The molecule has 1 aromatic carbocycles. The van der Waals surface area contributed by atoms with E-state index in [1.165, 1.54) is 16.8 Å². The summed E-state index contributed by atoms with van der Waals surface area (Å²) in [5, 5.41) is 11.0. The van der Waals surface area contributed by atoms with Crippen molar-refractivity contribution in [2.75, 3.05) is 17.2 Å². The maximum Gasteiger partial charge on any atom is 0.236 e. The number of anilines is 2. The molecule has 0 bridgehead atoms. The van der Waals surface area contributed by atoms with Crippen molar-refractivity contribution < 1.29 is 13.6 Å². The number of nitrogens with zero attached hydrogens (tertiary/aromatic N) is 5. The van der Waals surface area contributed by atoms with Gasteiger partial charge in [0.1, 0.15) is 29.0 Å². The Labute approximate surface area is 180 Å². The van der Waals surface area contributed by atoms with E-state index in [2.05, 4.69) is 30.7 Å². The Bertz CT molecular complexity index is 1430. The van der Waals surface area contributed by atoms with Crippen molar-refractivity contribution in [1.82, 2.24) is 24.7 Å². The molecule has 1 atom stereocenters. The number of pyridine rings is 1. The van der Waals surface area contributed by atoms with Crippen LogP contribution >= 0.6 is 0 Å². The van der Waals surface area contributed by atoms with E-state index in [0.29, 0.717) is 46.9 Å². The maximum absolute atomic E-state index is 14.2. The van der Waals surface area contributed by atoms with E-state index < -0.39 is 11.2 Å². The number of carbonyl (C=O) groups excluding carboxylic acids is 1. The van der Waals surface area contributed by atoms with Gasteiger partial charge in [-0.15, -0.1) is 0 Å². The van der Waals surface area contributed by atoms with Crippen LogP contribution in [-0.4, -0.2) is 37.2 Å². The van der Waals surface area contributed by atoms with Gasteiger partial charge < -0.3 is 10.6 Å². The third-order valence-corrected chi connectivity index (χ3v) is 6.15. The van der Waals surface area contributed by atoms with Gasteiger partial charge in [-0.3, -0.25) is 4.79 Å². The molecule has 32 heavy (non-hydrogen) atoms. The van der Waals surface area contributed by atoms with Crippen molar-refractivity contribution in [2.45, 2.75) is 25.3 Å². The van der Waals surface area contributed by atoms with Crippen molar-refractivity contribution in [3.63, 3.8) is 0 Å². The molecule has 0 saturated carbocycles. The highest BCUT2D eigenvalue weighted by atomic mass is 19.1. The van der Waals surface area contributed by atoms with Crippen LogP contribution in [0.4, 0.5) is 20.4 Å². The fraction of sp³-hybridized carbons (Fsp3) is 0.227. The number of benzene rings is 1. The van der Waals surface area contributed by atoms with E-state index in [1.54, 1.807) is 18.2 Å². The van der Waals surface area contributed by atoms with Crippen LogP contribution in [-0.2, 0) is 16.8 Å². The van der Waals surface area contributed by atoms with Gasteiger partial charge in [0.05, 0.1) is 29.1 Å². The second kappa shape index (κ2) is 6.52. The average Bonchev–Trinajstić information content (AvgIpc) is 3.25. The molecule has 10 heteroatoms. The van der Waals surface area contributed by atoms with Gasteiger partial charge in [0.2, 0.25) is 5.91 Å². The number of halogens is 2. The van der Waals surface area contributed by atoms with Crippen molar-refractivity contribution in [3.8, 4) is 11.5 Å². The molecular formula is C22H17F2N7O. The lowest BCUT2D eigenvalue weighted by Gasteiger charge is -2.28. The third-order valence-electron chi connectivity index (χ3n) is 6.15. The Balaban J connectivity index is 1.54. The topological polar surface area (TPSA) is 97.6 Å². The maximum atomic E-state index is 14.2. The van der Waals surface area contributed by atoms with E-state index in [9.17, 15) is 13.6 Å². The number of hydrogen-bond donors (Lipinski definition) is 2. The monoisotopic (exact) mass is 433 g/mol. The lowest BCUT2D eigenvalue weighted by Crippen LogP contribution is -2.36. The van der Waals surface area contributed by atoms with Gasteiger partial charge in [0, 0.05) is 12.1 Å². The zero-order chi connectivity index (χ0) is 22.0. The van der Waals surface area contributed by atoms with Gasteiger partial charge in [-0.05, 0) is 25.5 Å². The summed E-state index contributed by atoms with van der Waals surface area (Å²) < 4.78 is 29.8. The first-order chi connectivity index (χ1) is 15.4. The molecule has 2 aliphatic heterocycles. The summed E-state index contributed by atoms with van der Waals surface area (Å²) in [6.07, 6.45) is 1.73. The van der Waals surface area contributed by atoms with Gasteiger partial charge in [0.25, 0.3) is 0 Å². The number of nitrogens with one attached hydrogen (secondary N) is 2. The van der Waals surface area contributed by atoms with Crippen LogP contribution in [0.1, 0.15) is 24.5 Å². The first-order valence-electron chi connectivity index (χ1n) is 10.2. The summed E-state index contributed by atoms with van der Waals surface area (Å²) in [5.74, 6) is 0.172. The van der Waals surface area contributed by atoms with Crippen LogP contribution in [0.15, 0.2) is 36.5 Å². The Hall–Kier alpha value is -3.95. The molecule has 0 fully saturated rings. The van der Waals surface area contributed by atoms with E-state index in [4.69, 9.17) is 0 Å². The molecular weight excluding hydrogens is 416 g/mol. The molecule has 5 heterocycles. The fourth-order valence-corrected chi connectivity index (χ4v) is 4.43. The summed E-state index contributed by atoms with van der Waals surface area (Å²) >= 11 is 0. The molecule has 4 aromatic rings. The highest BCUT2D eigenvalue weighted by Gasteiger charge is 2.48. The van der Waals surface area contributed by atoms with Crippen LogP contribution in [0.25, 0.3) is 22.6 Å². The van der Waals surface area contributed by atoms with Crippen LogP contribution in [0.2, 0.25) is 0 Å². The van der Waals surface area contributed by atoms with E-state index in [1.807, 2.05) is 6.92 Å². The van der Waals surface area contributed by atoms with Crippen LogP contribution < -0.4 is 10.6 Å². The van der Waals surface area contributed by atoms with Crippen molar-refractivity contribution in [2.24, 2.45) is 0 Å². The minimum atomic E-state index is -0.686. The standard InChI is InChI=1S/C22H17F2N7O/c1-22-6-7-25-17-15(22)18(29-21(22)32)28-19(27-17)16-13-8-12(23)9-26-20(13)31(30-16)10-11-4-2-3-5-14(11)24/h2-5,8-9H,6-7,10H2,1H3,(H2,25,27,28,29,32). The largest absolute Gasteiger partial charge is 0.370 e. The third kappa shape index (κ3) is 2.62. The normalized spacial score (nSPS) is 19.0. The summed E-state index contributed by atoms with van der Waals surface area (Å²) in [6, 6.07) is 7.67. The van der Waals surface area contributed by atoms with Gasteiger partial charge in [-0.25, -0.2) is 28.4 Å². The molecule has 2 aliphatic rings. The number of hydrogen-bond acceptors (Lipinski definition) is 6. The first kappa shape index (κ1) is 18.8. The Morgan fingerprint density at radius 2 is 2.00 bits per heavy atom. The predicted molar refractivity (Wildman–Crippen MR) is 113 cm³/mol. The number of rotatable bonds is 3.